The summed E-state index contributed by atoms with van der Waals surface area (Å²) in [6.07, 6.45) is 0.469. The molecule has 1 heterocycles. The summed E-state index contributed by atoms with van der Waals surface area (Å²) in [5, 5.41) is 2.38. The van der Waals surface area contributed by atoms with Crippen molar-refractivity contribution in [1.29, 1.82) is 0 Å². The Morgan fingerprint density at radius 3 is 2.77 bits per heavy atom. The summed E-state index contributed by atoms with van der Waals surface area (Å²) in [4.78, 5) is 25.9. The first kappa shape index (κ1) is 14.9. The van der Waals surface area contributed by atoms with E-state index in [1.54, 1.807) is 23.6 Å². The lowest BCUT2D eigenvalue weighted by molar-refractivity contribution is -0.154. The fourth-order valence-electron chi connectivity index (χ4n) is 2.46. The SMILES string of the molecule is CCOC(=O)CN1C(=O)CC1Sc1ccc2ccccc2c1. The van der Waals surface area contributed by atoms with Gasteiger partial charge in [-0.05, 0) is 29.8 Å². The standard InChI is InChI=1S/C17H17NO3S/c1-2-21-17(20)11-18-15(19)10-16(18)22-14-8-7-12-5-3-4-6-13(12)9-14/h3-9,16H,2,10-11H2,1H3. The highest BCUT2D eigenvalue weighted by Gasteiger charge is 2.38. The molecule has 0 spiro atoms. The van der Waals surface area contributed by atoms with Crippen LogP contribution >= 0.6 is 11.8 Å². The Bertz CT molecular complexity index is 716. The van der Waals surface area contributed by atoms with Crippen LogP contribution in [0.15, 0.2) is 47.4 Å². The summed E-state index contributed by atoms with van der Waals surface area (Å²) in [6.45, 7) is 2.14. The Balaban J connectivity index is 1.68. The van der Waals surface area contributed by atoms with Gasteiger partial charge in [0.15, 0.2) is 0 Å². The molecule has 2 aromatic rings. The third-order valence-electron chi connectivity index (χ3n) is 3.62. The lowest BCUT2D eigenvalue weighted by Crippen LogP contribution is -2.52. The van der Waals surface area contributed by atoms with Crippen LogP contribution in [-0.4, -0.2) is 35.3 Å². The first-order chi connectivity index (χ1) is 10.7. The number of rotatable bonds is 5. The van der Waals surface area contributed by atoms with Crippen LogP contribution in [0.25, 0.3) is 10.8 Å². The third-order valence-corrected chi connectivity index (χ3v) is 4.83. The van der Waals surface area contributed by atoms with Gasteiger partial charge in [-0.25, -0.2) is 0 Å². The summed E-state index contributed by atoms with van der Waals surface area (Å²) in [6, 6.07) is 14.4. The second-order valence-electron chi connectivity index (χ2n) is 5.11. The smallest absolute Gasteiger partial charge is 0.325 e. The van der Waals surface area contributed by atoms with E-state index < -0.39 is 0 Å². The molecule has 3 rings (SSSR count). The van der Waals surface area contributed by atoms with Crippen LogP contribution in [0, 0.1) is 0 Å². The molecule has 0 radical (unpaired) electrons. The van der Waals surface area contributed by atoms with Gasteiger partial charge in [0, 0.05) is 4.90 Å². The number of β-lactam (4-membered cyclic amide) rings is 1. The van der Waals surface area contributed by atoms with E-state index in [0.29, 0.717) is 13.0 Å². The van der Waals surface area contributed by atoms with E-state index in [9.17, 15) is 9.59 Å². The average molecular weight is 315 g/mol. The minimum Gasteiger partial charge on any atom is -0.465 e. The molecule has 5 heteroatoms. The summed E-state index contributed by atoms with van der Waals surface area (Å²) in [5.41, 5.74) is 0. The fraction of sp³-hybridized carbons (Fsp3) is 0.294. The van der Waals surface area contributed by atoms with Crippen molar-refractivity contribution in [2.45, 2.75) is 23.6 Å². The second kappa shape index (κ2) is 6.40. The summed E-state index contributed by atoms with van der Waals surface area (Å²) >= 11 is 1.61. The van der Waals surface area contributed by atoms with Crippen LogP contribution in [0.3, 0.4) is 0 Å². The van der Waals surface area contributed by atoms with E-state index in [0.717, 1.165) is 4.90 Å². The highest BCUT2D eigenvalue weighted by molar-refractivity contribution is 8.00. The number of likely N-dealkylation sites (tertiary alicyclic amines) is 1. The molecule has 1 unspecified atom stereocenters. The van der Waals surface area contributed by atoms with Crippen LogP contribution in [-0.2, 0) is 14.3 Å². The number of esters is 1. The van der Waals surface area contributed by atoms with Crippen molar-refractivity contribution >= 4 is 34.4 Å². The van der Waals surface area contributed by atoms with E-state index in [2.05, 4.69) is 30.3 Å². The number of benzene rings is 2. The molecule has 1 fully saturated rings. The number of hydrogen-bond donors (Lipinski definition) is 0. The van der Waals surface area contributed by atoms with Gasteiger partial charge in [0.25, 0.3) is 0 Å². The number of hydrogen-bond acceptors (Lipinski definition) is 4. The topological polar surface area (TPSA) is 46.6 Å². The van der Waals surface area contributed by atoms with E-state index >= 15 is 0 Å². The minimum atomic E-state index is -0.348. The Labute approximate surface area is 133 Å². The molecule has 1 amide bonds. The van der Waals surface area contributed by atoms with Crippen molar-refractivity contribution in [1.82, 2.24) is 4.90 Å². The van der Waals surface area contributed by atoms with Gasteiger partial charge >= 0.3 is 5.97 Å². The van der Waals surface area contributed by atoms with E-state index in [-0.39, 0.29) is 23.8 Å². The Morgan fingerprint density at radius 2 is 2.05 bits per heavy atom. The second-order valence-corrected chi connectivity index (χ2v) is 6.36. The number of nitrogens with zero attached hydrogens (tertiary/aromatic N) is 1. The van der Waals surface area contributed by atoms with E-state index in [4.69, 9.17) is 4.74 Å². The zero-order valence-corrected chi connectivity index (χ0v) is 13.1. The van der Waals surface area contributed by atoms with Gasteiger partial charge in [0.2, 0.25) is 5.91 Å². The van der Waals surface area contributed by atoms with Crippen LogP contribution in [0.2, 0.25) is 0 Å². The number of carbonyl (C=O) groups is 2. The maximum absolute atomic E-state index is 11.7. The van der Waals surface area contributed by atoms with Crippen LogP contribution in [0.1, 0.15) is 13.3 Å². The quantitative estimate of drug-likeness (QED) is 0.628. The molecule has 1 aliphatic heterocycles. The average Bonchev–Trinajstić information content (AvgIpc) is 2.52. The van der Waals surface area contributed by atoms with Crippen molar-refractivity contribution in [3.63, 3.8) is 0 Å². The molecule has 0 saturated carbocycles. The molecule has 0 bridgehead atoms. The summed E-state index contributed by atoms with van der Waals surface area (Å²) < 4.78 is 4.91. The molecule has 4 nitrogen and oxygen atoms in total. The Kier molecular flexibility index (Phi) is 4.34. The summed E-state index contributed by atoms with van der Waals surface area (Å²) in [7, 11) is 0. The van der Waals surface area contributed by atoms with Gasteiger partial charge in [0.05, 0.1) is 18.4 Å². The van der Waals surface area contributed by atoms with Gasteiger partial charge in [-0.15, -0.1) is 11.8 Å². The van der Waals surface area contributed by atoms with Gasteiger partial charge in [-0.1, -0.05) is 30.3 Å². The van der Waals surface area contributed by atoms with Gasteiger partial charge in [-0.2, -0.15) is 0 Å². The normalized spacial score (nSPS) is 17.4. The number of ether oxygens (including phenoxy) is 1. The monoisotopic (exact) mass is 315 g/mol. The number of thioether (sulfide) groups is 1. The molecule has 0 aliphatic carbocycles. The molecule has 114 valence electrons. The van der Waals surface area contributed by atoms with Crippen molar-refractivity contribution in [3.8, 4) is 0 Å². The molecular weight excluding hydrogens is 298 g/mol. The Morgan fingerprint density at radius 1 is 1.27 bits per heavy atom. The Hall–Kier alpha value is -2.01. The van der Waals surface area contributed by atoms with Crippen molar-refractivity contribution in [2.24, 2.45) is 0 Å². The van der Waals surface area contributed by atoms with Crippen molar-refractivity contribution in [3.05, 3.63) is 42.5 Å². The van der Waals surface area contributed by atoms with Crippen LogP contribution in [0.4, 0.5) is 0 Å². The highest BCUT2D eigenvalue weighted by Crippen LogP contribution is 2.35. The van der Waals surface area contributed by atoms with Crippen molar-refractivity contribution in [2.75, 3.05) is 13.2 Å². The zero-order valence-electron chi connectivity index (χ0n) is 12.3. The summed E-state index contributed by atoms with van der Waals surface area (Å²) in [5.74, 6) is -0.342. The maximum Gasteiger partial charge on any atom is 0.325 e. The molecule has 2 aromatic carbocycles. The molecule has 1 aliphatic rings. The number of amides is 1. The van der Waals surface area contributed by atoms with Crippen LogP contribution < -0.4 is 0 Å². The largest absolute Gasteiger partial charge is 0.465 e. The van der Waals surface area contributed by atoms with Crippen LogP contribution in [0.5, 0.6) is 0 Å². The fourth-order valence-corrected chi connectivity index (χ4v) is 3.66. The van der Waals surface area contributed by atoms with Gasteiger partial charge in [0.1, 0.15) is 6.54 Å². The highest BCUT2D eigenvalue weighted by atomic mass is 32.2. The maximum atomic E-state index is 11.7. The lowest BCUT2D eigenvalue weighted by atomic mass is 10.1. The first-order valence-electron chi connectivity index (χ1n) is 7.28. The van der Waals surface area contributed by atoms with Gasteiger partial charge in [-0.3, -0.25) is 9.59 Å². The molecule has 1 saturated heterocycles. The lowest BCUT2D eigenvalue weighted by Gasteiger charge is -2.39. The van der Waals surface area contributed by atoms with E-state index in [1.807, 2.05) is 12.1 Å². The molecule has 1 atom stereocenters. The molecule has 0 aromatic heterocycles. The molecule has 0 N–H and O–H groups in total. The molecular formula is C17H17NO3S. The number of carbonyl (C=O) groups excluding carboxylic acids is 2. The predicted octanol–water partition coefficient (Wildman–Crippen LogP) is 3.05. The van der Waals surface area contributed by atoms with E-state index in [1.165, 1.54) is 10.8 Å². The molecule has 22 heavy (non-hydrogen) atoms. The number of fused-ring (bicyclic) bond motifs is 1. The van der Waals surface area contributed by atoms with Gasteiger partial charge < -0.3 is 9.64 Å². The van der Waals surface area contributed by atoms with Crippen molar-refractivity contribution < 1.29 is 14.3 Å². The predicted molar refractivity (Wildman–Crippen MR) is 86.6 cm³/mol. The minimum absolute atomic E-state index is 0.00587. The third kappa shape index (κ3) is 3.09. The first-order valence-corrected chi connectivity index (χ1v) is 8.16. The zero-order chi connectivity index (χ0) is 15.5.